The highest BCUT2D eigenvalue weighted by molar-refractivity contribution is 9.10. The van der Waals surface area contributed by atoms with Crippen molar-refractivity contribution in [3.8, 4) is 0 Å². The number of carbonyl (C=O) groups is 1. The lowest BCUT2D eigenvalue weighted by Gasteiger charge is -2.35. The standard InChI is InChI=1S/C14H18BrNO2/c1-18-13(17)14(7-4-8-16-10-14)9-11-5-2-3-6-12(11)15/h2-3,5-6,16H,4,7-10H2,1H3. The molecule has 1 atom stereocenters. The first-order valence-corrected chi connectivity index (χ1v) is 7.00. The van der Waals surface area contributed by atoms with Gasteiger partial charge in [0.15, 0.2) is 0 Å². The minimum absolute atomic E-state index is 0.106. The Labute approximate surface area is 116 Å². The van der Waals surface area contributed by atoms with Crippen molar-refractivity contribution in [3.05, 3.63) is 34.3 Å². The van der Waals surface area contributed by atoms with Crippen molar-refractivity contribution in [1.82, 2.24) is 5.32 Å². The fraction of sp³-hybridized carbons (Fsp3) is 0.500. The molecule has 18 heavy (non-hydrogen) atoms. The van der Waals surface area contributed by atoms with Crippen LogP contribution in [-0.4, -0.2) is 26.2 Å². The Kier molecular flexibility index (Phi) is 4.40. The number of esters is 1. The first-order valence-electron chi connectivity index (χ1n) is 6.20. The highest BCUT2D eigenvalue weighted by atomic mass is 79.9. The van der Waals surface area contributed by atoms with Gasteiger partial charge in [-0.15, -0.1) is 0 Å². The third kappa shape index (κ3) is 2.75. The second-order valence-electron chi connectivity index (χ2n) is 4.82. The summed E-state index contributed by atoms with van der Waals surface area (Å²) >= 11 is 3.55. The molecule has 0 bridgehead atoms. The molecule has 1 unspecified atom stereocenters. The van der Waals surface area contributed by atoms with Crippen molar-refractivity contribution in [2.24, 2.45) is 5.41 Å². The molecule has 1 aliphatic heterocycles. The highest BCUT2D eigenvalue weighted by Crippen LogP contribution is 2.34. The van der Waals surface area contributed by atoms with Gasteiger partial charge in [-0.2, -0.15) is 0 Å². The van der Waals surface area contributed by atoms with Crippen LogP contribution in [0.2, 0.25) is 0 Å². The molecule has 0 aromatic heterocycles. The van der Waals surface area contributed by atoms with Gasteiger partial charge < -0.3 is 10.1 Å². The van der Waals surface area contributed by atoms with Crippen molar-refractivity contribution >= 4 is 21.9 Å². The molecular formula is C14H18BrNO2. The Morgan fingerprint density at radius 1 is 1.50 bits per heavy atom. The van der Waals surface area contributed by atoms with Gasteiger partial charge >= 0.3 is 5.97 Å². The maximum Gasteiger partial charge on any atom is 0.313 e. The zero-order valence-electron chi connectivity index (χ0n) is 10.5. The van der Waals surface area contributed by atoms with Gasteiger partial charge in [-0.3, -0.25) is 4.79 Å². The lowest BCUT2D eigenvalue weighted by atomic mass is 9.76. The third-order valence-corrected chi connectivity index (χ3v) is 4.35. The summed E-state index contributed by atoms with van der Waals surface area (Å²) in [5, 5.41) is 3.31. The van der Waals surface area contributed by atoms with Crippen molar-refractivity contribution in [1.29, 1.82) is 0 Å². The SMILES string of the molecule is COC(=O)C1(Cc2ccccc2Br)CCCNC1. The van der Waals surface area contributed by atoms with Gasteiger partial charge in [0.2, 0.25) is 0 Å². The van der Waals surface area contributed by atoms with E-state index in [1.807, 2.05) is 18.2 Å². The van der Waals surface area contributed by atoms with Crippen molar-refractivity contribution in [2.75, 3.05) is 20.2 Å². The number of hydrogen-bond acceptors (Lipinski definition) is 3. The molecule has 0 radical (unpaired) electrons. The number of hydrogen-bond donors (Lipinski definition) is 1. The Morgan fingerprint density at radius 3 is 2.89 bits per heavy atom. The van der Waals surface area contributed by atoms with E-state index in [1.54, 1.807) is 0 Å². The van der Waals surface area contributed by atoms with Crippen LogP contribution < -0.4 is 5.32 Å². The zero-order chi connectivity index (χ0) is 13.0. The largest absolute Gasteiger partial charge is 0.469 e. The summed E-state index contributed by atoms with van der Waals surface area (Å²) in [6.07, 6.45) is 2.61. The summed E-state index contributed by atoms with van der Waals surface area (Å²) in [4.78, 5) is 12.1. The molecule has 1 aromatic carbocycles. The molecule has 1 aliphatic rings. The van der Waals surface area contributed by atoms with Gasteiger partial charge in [0.25, 0.3) is 0 Å². The summed E-state index contributed by atoms with van der Waals surface area (Å²) in [6, 6.07) is 8.05. The minimum Gasteiger partial charge on any atom is -0.469 e. The van der Waals surface area contributed by atoms with E-state index in [0.717, 1.165) is 29.4 Å². The predicted molar refractivity (Wildman–Crippen MR) is 74.4 cm³/mol. The predicted octanol–water partition coefficient (Wildman–Crippen LogP) is 2.53. The second kappa shape index (κ2) is 5.85. The van der Waals surface area contributed by atoms with E-state index in [1.165, 1.54) is 7.11 Å². The van der Waals surface area contributed by atoms with Crippen LogP contribution in [0.1, 0.15) is 18.4 Å². The van der Waals surface area contributed by atoms with Gasteiger partial charge in [0.1, 0.15) is 0 Å². The molecular weight excluding hydrogens is 294 g/mol. The maximum atomic E-state index is 12.1. The molecule has 0 aliphatic carbocycles. The monoisotopic (exact) mass is 311 g/mol. The number of piperidine rings is 1. The molecule has 0 saturated carbocycles. The first kappa shape index (κ1) is 13.6. The van der Waals surface area contributed by atoms with Crippen LogP contribution in [0.4, 0.5) is 0 Å². The molecule has 1 aromatic rings. The molecule has 4 heteroatoms. The van der Waals surface area contributed by atoms with E-state index in [-0.39, 0.29) is 5.97 Å². The Balaban J connectivity index is 2.25. The molecule has 0 spiro atoms. The fourth-order valence-corrected chi connectivity index (χ4v) is 3.01. The molecule has 1 saturated heterocycles. The van der Waals surface area contributed by atoms with Gasteiger partial charge in [0.05, 0.1) is 12.5 Å². The first-order chi connectivity index (χ1) is 8.68. The smallest absolute Gasteiger partial charge is 0.313 e. The van der Waals surface area contributed by atoms with Crippen molar-refractivity contribution in [2.45, 2.75) is 19.3 Å². The van der Waals surface area contributed by atoms with E-state index in [9.17, 15) is 4.79 Å². The summed E-state index contributed by atoms with van der Waals surface area (Å²) in [7, 11) is 1.47. The van der Waals surface area contributed by atoms with E-state index in [4.69, 9.17) is 4.74 Å². The average molecular weight is 312 g/mol. The average Bonchev–Trinajstić information content (AvgIpc) is 2.41. The van der Waals surface area contributed by atoms with E-state index in [2.05, 4.69) is 27.3 Å². The van der Waals surface area contributed by atoms with Crippen LogP contribution in [0.3, 0.4) is 0 Å². The Hall–Kier alpha value is -0.870. The molecule has 1 fully saturated rings. The second-order valence-corrected chi connectivity index (χ2v) is 5.67. The van der Waals surface area contributed by atoms with Crippen LogP contribution in [0, 0.1) is 5.41 Å². The number of halogens is 1. The fourth-order valence-electron chi connectivity index (χ4n) is 2.59. The maximum absolute atomic E-state index is 12.1. The van der Waals surface area contributed by atoms with E-state index < -0.39 is 5.41 Å². The van der Waals surface area contributed by atoms with Crippen LogP contribution >= 0.6 is 15.9 Å². The molecule has 3 nitrogen and oxygen atoms in total. The lowest BCUT2D eigenvalue weighted by Crippen LogP contribution is -2.47. The minimum atomic E-state index is -0.420. The molecule has 0 amide bonds. The molecule has 98 valence electrons. The van der Waals surface area contributed by atoms with E-state index >= 15 is 0 Å². The topological polar surface area (TPSA) is 38.3 Å². The molecule has 1 heterocycles. The molecule has 2 rings (SSSR count). The number of methoxy groups -OCH3 is 1. The van der Waals surface area contributed by atoms with Crippen molar-refractivity contribution < 1.29 is 9.53 Å². The van der Waals surface area contributed by atoms with Gasteiger partial charge in [0, 0.05) is 11.0 Å². The van der Waals surface area contributed by atoms with Crippen LogP contribution in [-0.2, 0) is 16.0 Å². The lowest BCUT2D eigenvalue weighted by molar-refractivity contribution is -0.153. The summed E-state index contributed by atoms with van der Waals surface area (Å²) in [5.74, 6) is -0.106. The van der Waals surface area contributed by atoms with Gasteiger partial charge in [-0.05, 0) is 37.4 Å². The van der Waals surface area contributed by atoms with Crippen LogP contribution in [0.15, 0.2) is 28.7 Å². The number of rotatable bonds is 3. The number of carbonyl (C=O) groups excluding carboxylic acids is 1. The third-order valence-electron chi connectivity index (χ3n) is 3.58. The Bertz CT molecular complexity index is 428. The quantitative estimate of drug-likeness (QED) is 0.872. The number of benzene rings is 1. The van der Waals surface area contributed by atoms with Gasteiger partial charge in [-0.25, -0.2) is 0 Å². The van der Waals surface area contributed by atoms with Crippen LogP contribution in [0.5, 0.6) is 0 Å². The van der Waals surface area contributed by atoms with Gasteiger partial charge in [-0.1, -0.05) is 34.1 Å². The summed E-state index contributed by atoms with van der Waals surface area (Å²) in [6.45, 7) is 1.68. The van der Waals surface area contributed by atoms with Crippen molar-refractivity contribution in [3.63, 3.8) is 0 Å². The Morgan fingerprint density at radius 2 is 2.28 bits per heavy atom. The van der Waals surface area contributed by atoms with Crippen LogP contribution in [0.25, 0.3) is 0 Å². The summed E-state index contributed by atoms with van der Waals surface area (Å²) in [5.41, 5.74) is 0.739. The highest BCUT2D eigenvalue weighted by Gasteiger charge is 2.41. The molecule has 1 N–H and O–H groups in total. The van der Waals surface area contributed by atoms with E-state index in [0.29, 0.717) is 13.0 Å². The zero-order valence-corrected chi connectivity index (χ0v) is 12.1. The number of ether oxygens (including phenoxy) is 1. The number of nitrogens with one attached hydrogen (secondary N) is 1. The summed E-state index contributed by atoms with van der Waals surface area (Å²) < 4.78 is 6.07. The normalized spacial score (nSPS) is 23.7.